The van der Waals surface area contributed by atoms with Crippen LogP contribution in [0.2, 0.25) is 0 Å². The molecule has 0 aliphatic carbocycles. The molecule has 0 unspecified atom stereocenters. The first-order chi connectivity index (χ1) is 11.0. The van der Waals surface area contributed by atoms with E-state index in [2.05, 4.69) is 4.99 Å². The van der Waals surface area contributed by atoms with Gasteiger partial charge in [-0.15, -0.1) is 0 Å². The van der Waals surface area contributed by atoms with E-state index in [1.807, 2.05) is 48.5 Å². The Hall–Kier alpha value is -2.82. The Morgan fingerprint density at radius 3 is 1.78 bits per heavy atom. The predicted octanol–water partition coefficient (Wildman–Crippen LogP) is 3.81. The topological polar surface area (TPSA) is 51.1 Å². The Balaban J connectivity index is 2.31. The van der Waals surface area contributed by atoms with Crippen molar-refractivity contribution in [2.45, 2.75) is 13.8 Å². The van der Waals surface area contributed by atoms with Gasteiger partial charge >= 0.3 is 0 Å². The minimum Gasteiger partial charge on any atom is -0.497 e. The fraction of sp³-hybridized carbons (Fsp3) is 0.222. The summed E-state index contributed by atoms with van der Waals surface area (Å²) >= 11 is 0. The van der Waals surface area contributed by atoms with E-state index >= 15 is 0 Å². The Morgan fingerprint density at radius 1 is 0.870 bits per heavy atom. The van der Waals surface area contributed by atoms with Crippen LogP contribution >= 0.6 is 0 Å². The smallest absolute Gasteiger partial charge is 0.229 e. The summed E-state index contributed by atoms with van der Waals surface area (Å²) in [5, 5.41) is 0. The van der Waals surface area contributed by atoms with E-state index in [-0.39, 0.29) is 5.91 Å². The molecule has 0 heterocycles. The third-order valence-electron chi connectivity index (χ3n) is 3.33. The van der Waals surface area contributed by atoms with Gasteiger partial charge in [0, 0.05) is 6.92 Å². The van der Waals surface area contributed by atoms with Crippen molar-refractivity contribution in [3.63, 3.8) is 0 Å². The van der Waals surface area contributed by atoms with Crippen LogP contribution in [-0.4, -0.2) is 26.0 Å². The number of amides is 1. The van der Waals surface area contributed by atoms with Crippen LogP contribution in [-0.2, 0) is 4.79 Å². The molecule has 0 aliphatic heterocycles. The molecule has 0 radical (unpaired) electrons. The van der Waals surface area contributed by atoms with Gasteiger partial charge in [-0.3, -0.25) is 9.69 Å². The van der Waals surface area contributed by atoms with Gasteiger partial charge in [-0.1, -0.05) is 0 Å². The van der Waals surface area contributed by atoms with Gasteiger partial charge in [-0.25, -0.2) is 4.99 Å². The molecule has 0 aliphatic rings. The van der Waals surface area contributed by atoms with Gasteiger partial charge in [0.1, 0.15) is 17.3 Å². The van der Waals surface area contributed by atoms with E-state index in [4.69, 9.17) is 9.47 Å². The molecule has 5 heteroatoms. The van der Waals surface area contributed by atoms with Crippen molar-refractivity contribution in [1.82, 2.24) is 0 Å². The lowest BCUT2D eigenvalue weighted by Gasteiger charge is -2.21. The number of aliphatic imine (C=N–C) groups is 1. The standard InChI is InChI=1S/C18H20N2O3/c1-13(19-15-5-9-17(22-3)10-6-15)20(14(2)21)16-7-11-18(23-4)12-8-16/h5-12H,1-4H3. The van der Waals surface area contributed by atoms with E-state index < -0.39 is 0 Å². The van der Waals surface area contributed by atoms with Gasteiger partial charge < -0.3 is 9.47 Å². The molecule has 0 aromatic heterocycles. The Kier molecular flexibility index (Phi) is 5.36. The SMILES string of the molecule is COc1ccc(N=C(C)N(C(C)=O)c2ccc(OC)cc2)cc1. The Labute approximate surface area is 136 Å². The summed E-state index contributed by atoms with van der Waals surface area (Å²) in [6, 6.07) is 14.6. The number of hydrogen-bond donors (Lipinski definition) is 0. The highest BCUT2D eigenvalue weighted by molar-refractivity contribution is 6.16. The molecule has 0 bridgehead atoms. The molecule has 120 valence electrons. The molecule has 2 rings (SSSR count). The van der Waals surface area contributed by atoms with Crippen molar-refractivity contribution in [2.75, 3.05) is 19.1 Å². The average molecular weight is 312 g/mol. The number of ether oxygens (including phenoxy) is 2. The lowest BCUT2D eigenvalue weighted by Crippen LogP contribution is -2.33. The second kappa shape index (κ2) is 7.45. The van der Waals surface area contributed by atoms with Crippen LogP contribution in [0.4, 0.5) is 11.4 Å². The average Bonchev–Trinajstić information content (AvgIpc) is 2.56. The van der Waals surface area contributed by atoms with Crippen molar-refractivity contribution in [3.8, 4) is 11.5 Å². The molecular weight excluding hydrogens is 292 g/mol. The molecule has 2 aromatic rings. The maximum Gasteiger partial charge on any atom is 0.229 e. The highest BCUT2D eigenvalue weighted by Gasteiger charge is 2.15. The van der Waals surface area contributed by atoms with Gasteiger partial charge in [-0.2, -0.15) is 0 Å². The van der Waals surface area contributed by atoms with Crippen molar-refractivity contribution < 1.29 is 14.3 Å². The number of hydrogen-bond acceptors (Lipinski definition) is 4. The van der Waals surface area contributed by atoms with Crippen LogP contribution < -0.4 is 14.4 Å². The minimum absolute atomic E-state index is 0.107. The van der Waals surface area contributed by atoms with E-state index in [0.29, 0.717) is 5.84 Å². The zero-order valence-corrected chi connectivity index (χ0v) is 13.7. The van der Waals surface area contributed by atoms with Crippen molar-refractivity contribution in [1.29, 1.82) is 0 Å². The summed E-state index contributed by atoms with van der Waals surface area (Å²) in [5.41, 5.74) is 1.50. The van der Waals surface area contributed by atoms with E-state index in [0.717, 1.165) is 22.9 Å². The number of carbonyl (C=O) groups excluding carboxylic acids is 1. The van der Waals surface area contributed by atoms with Crippen LogP contribution in [0.1, 0.15) is 13.8 Å². The number of anilines is 1. The maximum atomic E-state index is 12.0. The summed E-state index contributed by atoms with van der Waals surface area (Å²) in [6.45, 7) is 3.31. The van der Waals surface area contributed by atoms with Crippen LogP contribution in [0.25, 0.3) is 0 Å². The fourth-order valence-corrected chi connectivity index (χ4v) is 2.22. The number of methoxy groups -OCH3 is 2. The van der Waals surface area contributed by atoms with Gasteiger partial charge in [0.25, 0.3) is 0 Å². The molecule has 0 saturated heterocycles. The van der Waals surface area contributed by atoms with E-state index in [1.165, 1.54) is 6.92 Å². The molecule has 23 heavy (non-hydrogen) atoms. The summed E-state index contributed by atoms with van der Waals surface area (Å²) in [7, 11) is 3.22. The third-order valence-corrected chi connectivity index (χ3v) is 3.33. The zero-order chi connectivity index (χ0) is 16.8. The van der Waals surface area contributed by atoms with Crippen molar-refractivity contribution >= 4 is 23.1 Å². The molecular formula is C18H20N2O3. The van der Waals surface area contributed by atoms with Gasteiger partial charge in [0.2, 0.25) is 5.91 Å². The Bertz CT molecular complexity index is 691. The molecule has 0 saturated carbocycles. The first kappa shape index (κ1) is 16.5. The fourth-order valence-electron chi connectivity index (χ4n) is 2.22. The van der Waals surface area contributed by atoms with Crippen LogP contribution in [0.15, 0.2) is 53.5 Å². The summed E-state index contributed by atoms with van der Waals surface area (Å²) in [4.78, 5) is 18.1. The predicted molar refractivity (Wildman–Crippen MR) is 91.9 cm³/mol. The number of benzene rings is 2. The second-order valence-electron chi connectivity index (χ2n) is 4.91. The van der Waals surface area contributed by atoms with Gasteiger partial charge in [0.05, 0.1) is 25.6 Å². The summed E-state index contributed by atoms with van der Waals surface area (Å²) in [5.74, 6) is 1.99. The molecule has 0 fully saturated rings. The summed E-state index contributed by atoms with van der Waals surface area (Å²) < 4.78 is 10.3. The third kappa shape index (κ3) is 4.10. The molecule has 5 nitrogen and oxygen atoms in total. The van der Waals surface area contributed by atoms with E-state index in [1.54, 1.807) is 26.0 Å². The highest BCUT2D eigenvalue weighted by atomic mass is 16.5. The first-order valence-corrected chi connectivity index (χ1v) is 7.19. The lowest BCUT2D eigenvalue weighted by molar-refractivity contribution is -0.115. The van der Waals surface area contributed by atoms with Crippen LogP contribution in [0.3, 0.4) is 0 Å². The van der Waals surface area contributed by atoms with Crippen LogP contribution in [0, 0.1) is 0 Å². The number of rotatable bonds is 4. The maximum absolute atomic E-state index is 12.0. The number of nitrogens with zero attached hydrogens (tertiary/aromatic N) is 2. The minimum atomic E-state index is -0.107. The number of amidine groups is 1. The lowest BCUT2D eigenvalue weighted by atomic mass is 10.2. The second-order valence-corrected chi connectivity index (χ2v) is 4.91. The molecule has 1 amide bonds. The largest absolute Gasteiger partial charge is 0.497 e. The molecule has 2 aromatic carbocycles. The summed E-state index contributed by atoms with van der Waals surface area (Å²) in [6.07, 6.45) is 0. The quantitative estimate of drug-likeness (QED) is 0.637. The monoisotopic (exact) mass is 312 g/mol. The molecule has 0 N–H and O–H groups in total. The Morgan fingerprint density at radius 2 is 1.35 bits per heavy atom. The molecule has 0 spiro atoms. The molecule has 0 atom stereocenters. The first-order valence-electron chi connectivity index (χ1n) is 7.19. The van der Waals surface area contributed by atoms with Crippen molar-refractivity contribution in [3.05, 3.63) is 48.5 Å². The van der Waals surface area contributed by atoms with Crippen molar-refractivity contribution in [2.24, 2.45) is 4.99 Å². The van der Waals surface area contributed by atoms with Gasteiger partial charge in [0.15, 0.2) is 0 Å². The van der Waals surface area contributed by atoms with E-state index in [9.17, 15) is 4.79 Å². The highest BCUT2D eigenvalue weighted by Crippen LogP contribution is 2.22. The van der Waals surface area contributed by atoms with Gasteiger partial charge in [-0.05, 0) is 55.5 Å². The normalized spacial score (nSPS) is 11.0. The zero-order valence-electron chi connectivity index (χ0n) is 13.7. The van der Waals surface area contributed by atoms with Crippen LogP contribution in [0.5, 0.6) is 11.5 Å². The number of carbonyl (C=O) groups is 1.